The van der Waals surface area contributed by atoms with E-state index >= 15 is 0 Å². The van der Waals surface area contributed by atoms with Gasteiger partial charge in [-0.15, -0.1) is 10.2 Å². The molecule has 0 heterocycles. The second-order valence-electron chi connectivity index (χ2n) is 14.2. The molecular formula is C48H33ClN6O5. The van der Waals surface area contributed by atoms with Crippen molar-refractivity contribution in [2.75, 3.05) is 10.8 Å². The molecule has 11 nitrogen and oxygen atoms in total. The van der Waals surface area contributed by atoms with Gasteiger partial charge in [0.15, 0.2) is 11.5 Å². The van der Waals surface area contributed by atoms with Crippen LogP contribution in [0.5, 0.6) is 11.5 Å². The van der Waals surface area contributed by atoms with Crippen molar-refractivity contribution in [3.63, 3.8) is 0 Å². The third-order valence-corrected chi connectivity index (χ3v) is 10.6. The number of fused-ring (bicyclic) bond motifs is 5. The van der Waals surface area contributed by atoms with Crippen LogP contribution >= 0.6 is 11.6 Å². The van der Waals surface area contributed by atoms with Gasteiger partial charge in [-0.1, -0.05) is 102 Å². The summed E-state index contributed by atoms with van der Waals surface area (Å²) in [6.07, 6.45) is 0. The van der Waals surface area contributed by atoms with Crippen LogP contribution in [-0.4, -0.2) is 21.9 Å². The van der Waals surface area contributed by atoms with Gasteiger partial charge in [0.2, 0.25) is 0 Å². The van der Waals surface area contributed by atoms with Gasteiger partial charge in [0.05, 0.1) is 33.3 Å². The molecular weight excluding hydrogens is 776 g/mol. The Morgan fingerprint density at radius 3 is 1.83 bits per heavy atom. The van der Waals surface area contributed by atoms with Crippen LogP contribution < -0.4 is 10.8 Å². The number of halogens is 1. The molecule has 0 aliphatic heterocycles. The number of benzene rings is 8. The van der Waals surface area contributed by atoms with Crippen LogP contribution in [-0.2, 0) is 11.4 Å². The van der Waals surface area contributed by atoms with Crippen molar-refractivity contribution in [1.29, 1.82) is 0 Å². The molecule has 0 fully saturated rings. The van der Waals surface area contributed by atoms with Crippen molar-refractivity contribution in [2.24, 2.45) is 20.5 Å². The van der Waals surface area contributed by atoms with E-state index in [2.05, 4.69) is 31.3 Å². The van der Waals surface area contributed by atoms with Gasteiger partial charge in [-0.3, -0.25) is 19.9 Å². The third-order valence-electron chi connectivity index (χ3n) is 10.2. The minimum absolute atomic E-state index is 0.00795. The smallest absolute Gasteiger partial charge is 0.259 e. The summed E-state index contributed by atoms with van der Waals surface area (Å²) in [4.78, 5) is 32.9. The van der Waals surface area contributed by atoms with Gasteiger partial charge in [0, 0.05) is 27.5 Å². The number of phenols is 2. The minimum atomic E-state index is -0.571. The Labute approximate surface area is 348 Å². The molecule has 1 aliphatic carbocycles. The van der Waals surface area contributed by atoms with E-state index in [1.165, 1.54) is 0 Å². The summed E-state index contributed by atoms with van der Waals surface area (Å²) in [5, 5.41) is 46.4. The van der Waals surface area contributed by atoms with Crippen molar-refractivity contribution >= 4 is 79.0 Å². The number of azo groups is 2. The standard InChI is InChI=1S/C48H33ClN6O5/c1-27-14-16-31(17-15-27)55-60-26-30-22-28-8-2-4-10-34(28)43(45(30)56)53-51-32-18-20-36-37-21-19-33(25-39(37)46(57)38(36)24-32)52-54-44-35-11-5-3-9-29(35)23-40(47(44)58)48(59)50-42-13-7-6-12-41(42)49/h2-25,55-56,58H,26H2,1H3,(H,50,59). The predicted molar refractivity (Wildman–Crippen MR) is 234 cm³/mol. The maximum Gasteiger partial charge on any atom is 0.259 e. The number of aryl methyl sites for hydroxylation is 1. The molecule has 0 bridgehead atoms. The number of ketones is 1. The van der Waals surface area contributed by atoms with E-state index in [9.17, 15) is 19.8 Å². The monoisotopic (exact) mass is 808 g/mol. The first kappa shape index (κ1) is 37.8. The van der Waals surface area contributed by atoms with E-state index in [4.69, 9.17) is 16.4 Å². The number of aromatic hydroxyl groups is 2. The maximum atomic E-state index is 13.9. The topological polar surface area (TPSA) is 157 Å². The number of carbonyl (C=O) groups is 2. The zero-order valence-corrected chi connectivity index (χ0v) is 32.6. The number of amides is 1. The van der Waals surface area contributed by atoms with Crippen molar-refractivity contribution in [1.82, 2.24) is 0 Å². The van der Waals surface area contributed by atoms with Crippen molar-refractivity contribution in [3.05, 3.63) is 178 Å². The number of anilines is 2. The second kappa shape index (κ2) is 15.9. The lowest BCUT2D eigenvalue weighted by atomic mass is 10.0. The van der Waals surface area contributed by atoms with E-state index < -0.39 is 5.91 Å². The molecule has 0 spiro atoms. The van der Waals surface area contributed by atoms with E-state index in [1.807, 2.05) is 79.7 Å². The number of hydrogen-bond acceptors (Lipinski definition) is 10. The first-order valence-corrected chi connectivity index (χ1v) is 19.2. The Hall–Kier alpha value is -7.73. The van der Waals surface area contributed by atoms with Gasteiger partial charge in [0.25, 0.3) is 5.91 Å². The summed E-state index contributed by atoms with van der Waals surface area (Å²) in [6, 6.07) is 43.1. The largest absolute Gasteiger partial charge is 0.505 e. The first-order valence-electron chi connectivity index (χ1n) is 18.9. The Kier molecular flexibility index (Phi) is 10.0. The van der Waals surface area contributed by atoms with Crippen LogP contribution in [0.1, 0.15) is 37.4 Å². The van der Waals surface area contributed by atoms with Crippen LogP contribution in [0.2, 0.25) is 5.02 Å². The fraction of sp³-hybridized carbons (Fsp3) is 0.0417. The van der Waals surface area contributed by atoms with Gasteiger partial charge >= 0.3 is 0 Å². The quantitative estimate of drug-likeness (QED) is 0.0795. The molecule has 0 unspecified atom stereocenters. The lowest BCUT2D eigenvalue weighted by molar-refractivity contribution is 0.102. The molecule has 0 radical (unpaired) electrons. The van der Waals surface area contributed by atoms with Gasteiger partial charge in [-0.05, 0) is 89.5 Å². The summed E-state index contributed by atoms with van der Waals surface area (Å²) in [7, 11) is 0. The van der Waals surface area contributed by atoms with Crippen LogP contribution in [0, 0.1) is 6.92 Å². The first-order chi connectivity index (χ1) is 29.2. The second-order valence-corrected chi connectivity index (χ2v) is 14.6. The van der Waals surface area contributed by atoms with Crippen LogP contribution in [0.3, 0.4) is 0 Å². The highest BCUT2D eigenvalue weighted by Gasteiger charge is 2.28. The molecule has 0 aromatic heterocycles. The van der Waals surface area contributed by atoms with Crippen LogP contribution in [0.4, 0.5) is 34.1 Å². The molecule has 60 heavy (non-hydrogen) atoms. The minimum Gasteiger partial charge on any atom is -0.505 e. The van der Waals surface area contributed by atoms with Gasteiger partial charge in [-0.25, -0.2) is 0 Å². The molecule has 0 saturated heterocycles. The normalized spacial score (nSPS) is 12.1. The number of carbonyl (C=O) groups excluding carboxylic acids is 2. The summed E-state index contributed by atoms with van der Waals surface area (Å²) in [6.45, 7) is 2.07. The fourth-order valence-electron chi connectivity index (χ4n) is 7.14. The number of rotatable bonds is 10. The molecule has 8 aromatic carbocycles. The number of nitrogens with zero attached hydrogens (tertiary/aromatic N) is 4. The Balaban J connectivity index is 0.968. The van der Waals surface area contributed by atoms with Crippen molar-refractivity contribution in [3.8, 4) is 22.6 Å². The van der Waals surface area contributed by atoms with Gasteiger partial charge < -0.3 is 15.5 Å². The Morgan fingerprint density at radius 1 is 0.633 bits per heavy atom. The van der Waals surface area contributed by atoms with E-state index in [-0.39, 0.29) is 40.8 Å². The summed E-state index contributed by atoms with van der Waals surface area (Å²) < 4.78 is 0. The third kappa shape index (κ3) is 7.30. The number of nitrogens with one attached hydrogen (secondary N) is 2. The molecule has 0 saturated carbocycles. The zero-order valence-electron chi connectivity index (χ0n) is 31.8. The SMILES string of the molecule is Cc1ccc(NOCc2cc3ccccc3c(N=Nc3ccc4c(c3)C(=O)c3cc(N=Nc5c(O)c(C(=O)Nc6ccccc6Cl)cc6ccccc56)ccc3-4)c2O)cc1. The van der Waals surface area contributed by atoms with E-state index in [1.54, 1.807) is 72.8 Å². The summed E-state index contributed by atoms with van der Waals surface area (Å²) >= 11 is 6.26. The molecule has 292 valence electrons. The average molecular weight is 809 g/mol. The van der Waals surface area contributed by atoms with Crippen LogP contribution in [0.15, 0.2) is 166 Å². The maximum absolute atomic E-state index is 13.9. The van der Waals surface area contributed by atoms with Crippen molar-refractivity contribution in [2.45, 2.75) is 13.5 Å². The fourth-order valence-corrected chi connectivity index (χ4v) is 7.33. The van der Waals surface area contributed by atoms with Gasteiger partial charge in [-0.2, -0.15) is 10.2 Å². The lowest BCUT2D eigenvalue weighted by Gasteiger charge is -2.12. The molecule has 1 aliphatic rings. The molecule has 9 rings (SSSR count). The number of hydrogen-bond donors (Lipinski definition) is 4. The molecule has 1 amide bonds. The lowest BCUT2D eigenvalue weighted by Crippen LogP contribution is -2.12. The van der Waals surface area contributed by atoms with Crippen LogP contribution in [0.25, 0.3) is 32.7 Å². The average Bonchev–Trinajstić information content (AvgIpc) is 3.54. The highest BCUT2D eigenvalue weighted by atomic mass is 35.5. The Morgan fingerprint density at radius 2 is 1.20 bits per heavy atom. The Bertz CT molecular complexity index is 3090. The molecule has 12 heteroatoms. The molecule has 4 N–H and O–H groups in total. The van der Waals surface area contributed by atoms with E-state index in [0.29, 0.717) is 54.9 Å². The predicted octanol–water partition coefficient (Wildman–Crippen LogP) is 13.2. The molecule has 8 aromatic rings. The summed E-state index contributed by atoms with van der Waals surface area (Å²) in [5.74, 6) is -1.22. The zero-order chi connectivity index (χ0) is 41.3. The highest BCUT2D eigenvalue weighted by molar-refractivity contribution is 6.34. The van der Waals surface area contributed by atoms with E-state index in [0.717, 1.165) is 27.8 Å². The number of phenolic OH excluding ortho intramolecular Hbond substituents is 2. The highest BCUT2D eigenvalue weighted by Crippen LogP contribution is 2.44. The van der Waals surface area contributed by atoms with Crippen molar-refractivity contribution < 1.29 is 24.6 Å². The summed E-state index contributed by atoms with van der Waals surface area (Å²) in [5.41, 5.74) is 9.20. The number of para-hydroxylation sites is 1. The molecule has 0 atom stereocenters. The van der Waals surface area contributed by atoms with Gasteiger partial charge in [0.1, 0.15) is 23.7 Å².